The minimum atomic E-state index is -0.413. The molecule has 2 aromatic heterocycles. The van der Waals surface area contributed by atoms with E-state index in [1.807, 2.05) is 29.7 Å². The smallest absolute Gasteiger partial charge is 0.270 e. The predicted molar refractivity (Wildman–Crippen MR) is 81.6 cm³/mol. The number of hydrogen-bond acceptors (Lipinski definition) is 3. The summed E-state index contributed by atoms with van der Waals surface area (Å²) < 4.78 is 1.91. The number of fused-ring (bicyclic) bond motifs is 1. The number of benzene rings is 1. The van der Waals surface area contributed by atoms with Crippen LogP contribution in [0.4, 0.5) is 5.69 Å². The fraction of sp³-hybridized carbons (Fsp3) is 0.133. The van der Waals surface area contributed by atoms with Crippen molar-refractivity contribution in [3.05, 3.63) is 64.0 Å². The lowest BCUT2D eigenvalue weighted by Gasteiger charge is -2.02. The first-order chi connectivity index (χ1) is 10.1. The molecule has 0 unspecified atom stereocenters. The zero-order valence-corrected chi connectivity index (χ0v) is 12.0. The van der Waals surface area contributed by atoms with Crippen LogP contribution >= 0.6 is 11.6 Å². The third-order valence-corrected chi connectivity index (χ3v) is 3.59. The number of aryl methyl sites for hydroxylation is 1. The number of nitro benzene ring substituents is 1. The lowest BCUT2D eigenvalue weighted by Crippen LogP contribution is -1.92. The van der Waals surface area contributed by atoms with E-state index in [4.69, 9.17) is 11.6 Å². The summed E-state index contributed by atoms with van der Waals surface area (Å²) in [6.07, 6.45) is 1.91. The predicted octanol–water partition coefficient (Wildman–Crippen LogP) is 3.96. The van der Waals surface area contributed by atoms with Crippen molar-refractivity contribution in [3.8, 4) is 11.3 Å². The van der Waals surface area contributed by atoms with Gasteiger partial charge in [-0.15, -0.1) is 11.6 Å². The van der Waals surface area contributed by atoms with Gasteiger partial charge in [0.2, 0.25) is 0 Å². The highest BCUT2D eigenvalue weighted by Gasteiger charge is 2.15. The lowest BCUT2D eigenvalue weighted by molar-refractivity contribution is -0.384. The average Bonchev–Trinajstić information content (AvgIpc) is 2.84. The molecule has 0 saturated carbocycles. The molecule has 6 heteroatoms. The molecule has 0 saturated heterocycles. The number of aromatic nitrogens is 2. The molecule has 5 nitrogen and oxygen atoms in total. The number of alkyl halides is 1. The summed E-state index contributed by atoms with van der Waals surface area (Å²) in [6.45, 7) is 1.99. The van der Waals surface area contributed by atoms with Gasteiger partial charge in [0.1, 0.15) is 5.65 Å². The van der Waals surface area contributed by atoms with E-state index in [9.17, 15) is 10.1 Å². The Kier molecular flexibility index (Phi) is 3.35. The average molecular weight is 302 g/mol. The van der Waals surface area contributed by atoms with E-state index in [1.54, 1.807) is 12.1 Å². The Bertz CT molecular complexity index is 842. The van der Waals surface area contributed by atoms with Gasteiger partial charge in [0.05, 0.1) is 22.2 Å². The lowest BCUT2D eigenvalue weighted by atomic mass is 10.1. The first-order valence-electron chi connectivity index (χ1n) is 6.38. The van der Waals surface area contributed by atoms with E-state index >= 15 is 0 Å². The molecule has 0 aliphatic carbocycles. The summed E-state index contributed by atoms with van der Waals surface area (Å²) in [5.41, 5.74) is 4.13. The number of hydrogen-bond donors (Lipinski definition) is 0. The summed E-state index contributed by atoms with van der Waals surface area (Å²) in [5.74, 6) is 0.280. The Hall–Kier alpha value is -2.40. The highest BCUT2D eigenvalue weighted by molar-refractivity contribution is 6.17. The number of nitro groups is 1. The first kappa shape index (κ1) is 13.6. The fourth-order valence-electron chi connectivity index (χ4n) is 2.32. The molecule has 2 heterocycles. The largest absolute Gasteiger partial charge is 0.302 e. The van der Waals surface area contributed by atoms with Crippen molar-refractivity contribution in [3.63, 3.8) is 0 Å². The second-order valence-corrected chi connectivity index (χ2v) is 5.05. The number of pyridine rings is 1. The molecule has 0 fully saturated rings. The van der Waals surface area contributed by atoms with Crippen molar-refractivity contribution in [2.45, 2.75) is 12.8 Å². The molecular formula is C15H12ClN3O2. The Labute approximate surface area is 126 Å². The maximum atomic E-state index is 10.9. The van der Waals surface area contributed by atoms with Crippen molar-refractivity contribution in [2.24, 2.45) is 0 Å². The molecule has 3 rings (SSSR count). The Morgan fingerprint density at radius 2 is 2.14 bits per heavy atom. The summed E-state index contributed by atoms with van der Waals surface area (Å²) in [7, 11) is 0. The molecular weight excluding hydrogens is 290 g/mol. The van der Waals surface area contributed by atoms with Gasteiger partial charge in [0.25, 0.3) is 5.69 Å². The van der Waals surface area contributed by atoms with Crippen LogP contribution in [0.3, 0.4) is 0 Å². The summed E-state index contributed by atoms with van der Waals surface area (Å²) in [4.78, 5) is 15.1. The first-order valence-corrected chi connectivity index (χ1v) is 6.92. The number of rotatable bonds is 3. The quantitative estimate of drug-likeness (QED) is 0.418. The molecule has 106 valence electrons. The Balaban J connectivity index is 2.24. The standard InChI is InChI=1S/C15H12ClN3O2/c1-10-5-6-18-13(9-16)15(17-14(18)7-10)11-3-2-4-12(8-11)19(20)21/h2-8H,9H2,1H3. The van der Waals surface area contributed by atoms with Crippen LogP contribution in [0.15, 0.2) is 42.6 Å². The number of nitrogens with zero attached hydrogens (tertiary/aromatic N) is 3. The molecule has 3 aromatic rings. The molecule has 0 radical (unpaired) electrons. The van der Waals surface area contributed by atoms with Crippen LogP contribution in [0, 0.1) is 17.0 Å². The van der Waals surface area contributed by atoms with Gasteiger partial charge in [-0.1, -0.05) is 12.1 Å². The van der Waals surface area contributed by atoms with Gasteiger partial charge in [-0.05, 0) is 24.6 Å². The minimum Gasteiger partial charge on any atom is -0.302 e. The van der Waals surface area contributed by atoms with Crippen molar-refractivity contribution >= 4 is 22.9 Å². The summed E-state index contributed by atoms with van der Waals surface area (Å²) >= 11 is 6.05. The summed E-state index contributed by atoms with van der Waals surface area (Å²) in [5, 5.41) is 10.9. The van der Waals surface area contributed by atoms with Crippen LogP contribution in [-0.4, -0.2) is 14.3 Å². The van der Waals surface area contributed by atoms with Gasteiger partial charge in [-0.2, -0.15) is 0 Å². The molecule has 0 amide bonds. The molecule has 0 bridgehead atoms. The minimum absolute atomic E-state index is 0.0428. The molecule has 0 aliphatic rings. The summed E-state index contributed by atoms with van der Waals surface area (Å²) in [6, 6.07) is 10.4. The van der Waals surface area contributed by atoms with Gasteiger partial charge < -0.3 is 4.40 Å². The zero-order valence-electron chi connectivity index (χ0n) is 11.3. The van der Waals surface area contributed by atoms with Gasteiger partial charge in [0.15, 0.2) is 0 Å². The van der Waals surface area contributed by atoms with Crippen LogP contribution < -0.4 is 0 Å². The third-order valence-electron chi connectivity index (χ3n) is 3.34. The maximum Gasteiger partial charge on any atom is 0.270 e. The topological polar surface area (TPSA) is 60.4 Å². The second-order valence-electron chi connectivity index (χ2n) is 4.78. The van der Waals surface area contributed by atoms with Crippen molar-refractivity contribution in [1.29, 1.82) is 0 Å². The molecule has 1 aromatic carbocycles. The monoisotopic (exact) mass is 301 g/mol. The molecule has 0 aliphatic heterocycles. The van der Waals surface area contributed by atoms with Crippen molar-refractivity contribution < 1.29 is 4.92 Å². The normalized spacial score (nSPS) is 11.0. The number of halogens is 1. The third kappa shape index (κ3) is 2.36. The molecule has 0 spiro atoms. The van der Waals surface area contributed by atoms with Crippen molar-refractivity contribution in [1.82, 2.24) is 9.38 Å². The highest BCUT2D eigenvalue weighted by Crippen LogP contribution is 2.28. The van der Waals surface area contributed by atoms with Gasteiger partial charge in [-0.25, -0.2) is 4.98 Å². The van der Waals surface area contributed by atoms with Gasteiger partial charge in [-0.3, -0.25) is 10.1 Å². The van der Waals surface area contributed by atoms with Crippen molar-refractivity contribution in [2.75, 3.05) is 0 Å². The van der Waals surface area contributed by atoms with E-state index in [1.165, 1.54) is 12.1 Å². The fourth-order valence-corrected chi connectivity index (χ4v) is 2.58. The van der Waals surface area contributed by atoms with Crippen LogP contribution in [0.5, 0.6) is 0 Å². The van der Waals surface area contributed by atoms with E-state index in [-0.39, 0.29) is 11.6 Å². The number of imidazole rings is 1. The van der Waals surface area contributed by atoms with Crippen LogP contribution in [0.25, 0.3) is 16.9 Å². The maximum absolute atomic E-state index is 10.9. The molecule has 0 N–H and O–H groups in total. The highest BCUT2D eigenvalue weighted by atomic mass is 35.5. The van der Waals surface area contributed by atoms with Crippen LogP contribution in [0.2, 0.25) is 0 Å². The Morgan fingerprint density at radius 3 is 2.86 bits per heavy atom. The van der Waals surface area contributed by atoms with Gasteiger partial charge in [0, 0.05) is 23.9 Å². The molecule has 0 atom stereocenters. The Morgan fingerprint density at radius 1 is 1.33 bits per heavy atom. The zero-order chi connectivity index (χ0) is 15.0. The van der Waals surface area contributed by atoms with E-state index < -0.39 is 4.92 Å². The van der Waals surface area contributed by atoms with E-state index in [2.05, 4.69) is 4.98 Å². The molecule has 21 heavy (non-hydrogen) atoms. The second kappa shape index (κ2) is 5.18. The van der Waals surface area contributed by atoms with Gasteiger partial charge >= 0.3 is 0 Å². The van der Waals surface area contributed by atoms with Crippen LogP contribution in [-0.2, 0) is 5.88 Å². The SMILES string of the molecule is Cc1ccn2c(CCl)c(-c3cccc([N+](=O)[O-])c3)nc2c1. The van der Waals surface area contributed by atoms with E-state index in [0.717, 1.165) is 16.9 Å². The number of non-ortho nitro benzene ring substituents is 1. The van der Waals surface area contributed by atoms with Crippen LogP contribution in [0.1, 0.15) is 11.3 Å². The van der Waals surface area contributed by atoms with E-state index in [0.29, 0.717) is 11.3 Å².